The van der Waals surface area contributed by atoms with E-state index in [-0.39, 0.29) is 63.5 Å². The van der Waals surface area contributed by atoms with Gasteiger partial charge in [0.1, 0.15) is 0 Å². The van der Waals surface area contributed by atoms with Crippen molar-refractivity contribution in [1.82, 2.24) is 0 Å². The van der Waals surface area contributed by atoms with Crippen LogP contribution in [0.3, 0.4) is 0 Å². The summed E-state index contributed by atoms with van der Waals surface area (Å²) in [5.74, 6) is -18.2. The molecule has 0 heterocycles. The minimum absolute atomic E-state index is 0. The molecule has 13 nitrogen and oxygen atoms in total. The molecule has 0 radical (unpaired) electrons. The van der Waals surface area contributed by atoms with E-state index >= 15 is 0 Å². The molecule has 342 valence electrons. The van der Waals surface area contributed by atoms with Crippen LogP contribution in [0.5, 0.6) is 0 Å². The van der Waals surface area contributed by atoms with E-state index in [1.165, 1.54) is 0 Å². The molecular formula is C13H6F25KO13S5. The topological polar surface area (TPSA) is 206 Å². The van der Waals surface area contributed by atoms with E-state index in [1.807, 2.05) is 0 Å². The van der Waals surface area contributed by atoms with Crippen LogP contribution in [-0.2, 0) is 65.5 Å². The molecule has 0 saturated heterocycles. The van der Waals surface area contributed by atoms with Crippen molar-refractivity contribution in [3.05, 3.63) is 23.8 Å². The van der Waals surface area contributed by atoms with Gasteiger partial charge in [0, 0.05) is 0 Å². The zero-order valence-electron chi connectivity index (χ0n) is 24.0. The van der Waals surface area contributed by atoms with Crippen LogP contribution in [0.1, 0.15) is 7.43 Å². The van der Waals surface area contributed by atoms with Gasteiger partial charge in [-0.3, -0.25) is 9.53 Å². The molecule has 0 aromatic heterocycles. The summed E-state index contributed by atoms with van der Waals surface area (Å²) in [7, 11) is -34.5. The van der Waals surface area contributed by atoms with Gasteiger partial charge in [-0.05, 0) is 0 Å². The molecule has 57 heavy (non-hydrogen) atoms. The van der Waals surface area contributed by atoms with E-state index < -0.39 is 122 Å². The first kappa shape index (κ1) is 70.3. The van der Waals surface area contributed by atoms with Gasteiger partial charge in [-0.15, -0.1) is 0 Å². The van der Waals surface area contributed by atoms with E-state index in [0.717, 1.165) is 0 Å². The molecule has 0 spiro atoms. The molecule has 0 bridgehead atoms. The predicted molar refractivity (Wildman–Crippen MR) is 120 cm³/mol. The minimum atomic E-state index is -8.13. The summed E-state index contributed by atoms with van der Waals surface area (Å²) in [6, 6.07) is 0. The summed E-state index contributed by atoms with van der Waals surface area (Å²) >= 11 is 0. The smallest absolute Gasteiger partial charge is 1.00 e. The molecule has 0 aliphatic heterocycles. The SMILES string of the molecule is C.O=C(CF)C(F)(F)S(=O)(=O)F.O=S(=O)(F)C(F)(F)C(F)(OC(F)(F)C(F)=C(F)F)C(F)(F)S(=O)(=O)F.O=S(=O)(F)F.O=S(=O)(F)OC(F)(F)C(F)=C(F)F.[F-].[K+]. The number of rotatable bonds is 13. The Labute approximate surface area is 341 Å². The fourth-order valence-corrected chi connectivity index (χ4v) is 3.10. The number of ketones is 1. The number of hydrogen-bond acceptors (Lipinski definition) is 13. The van der Waals surface area contributed by atoms with Crippen LogP contribution >= 0.6 is 0 Å². The van der Waals surface area contributed by atoms with Crippen molar-refractivity contribution in [3.63, 3.8) is 0 Å². The summed E-state index contributed by atoms with van der Waals surface area (Å²) in [5.41, 5.74) is 0. The van der Waals surface area contributed by atoms with Crippen LogP contribution in [0.25, 0.3) is 0 Å². The maximum atomic E-state index is 13.6. The average molecular weight is 1040 g/mol. The molecule has 0 aliphatic rings. The van der Waals surface area contributed by atoms with E-state index in [9.17, 15) is 141 Å². The fourth-order valence-electron chi connectivity index (χ4n) is 1.42. The van der Waals surface area contributed by atoms with E-state index in [4.69, 9.17) is 8.42 Å². The van der Waals surface area contributed by atoms with Crippen LogP contribution in [0.15, 0.2) is 23.8 Å². The van der Waals surface area contributed by atoms with Gasteiger partial charge in [0.25, 0.3) is 17.4 Å². The van der Waals surface area contributed by atoms with Gasteiger partial charge in [-0.2, -0.15) is 121 Å². The van der Waals surface area contributed by atoms with E-state index in [2.05, 4.69) is 4.18 Å². The molecule has 0 atom stereocenters. The zero-order valence-corrected chi connectivity index (χ0v) is 31.2. The van der Waals surface area contributed by atoms with Crippen molar-refractivity contribution in [3.8, 4) is 0 Å². The molecule has 0 amide bonds. The number of ether oxygens (including phenoxy) is 1. The monoisotopic (exact) mass is 1040 g/mol. The van der Waals surface area contributed by atoms with Crippen molar-refractivity contribution < 1.29 is 214 Å². The second kappa shape index (κ2) is 23.1. The van der Waals surface area contributed by atoms with Crippen molar-refractivity contribution in [1.29, 1.82) is 0 Å². The van der Waals surface area contributed by atoms with Crippen LogP contribution < -0.4 is 56.1 Å². The van der Waals surface area contributed by atoms with Crippen molar-refractivity contribution in [2.24, 2.45) is 0 Å². The summed E-state index contributed by atoms with van der Waals surface area (Å²) in [6.07, 6.45) is -20.2. The molecule has 0 N–H and O–H groups in total. The number of alkyl halides is 12. The van der Waals surface area contributed by atoms with Gasteiger partial charge in [0.2, 0.25) is 0 Å². The first-order valence-corrected chi connectivity index (χ1v) is 16.5. The Kier molecular flexibility index (Phi) is 28.4. The number of carbonyl (C=O) groups excluding carboxylic acids is 1. The Morgan fingerprint density at radius 3 is 0.912 bits per heavy atom. The summed E-state index contributed by atoms with van der Waals surface area (Å²) in [6.45, 7) is -2.23. The predicted octanol–water partition coefficient (Wildman–Crippen LogP) is 0.243. The van der Waals surface area contributed by atoms with Gasteiger partial charge in [0.15, 0.2) is 6.67 Å². The van der Waals surface area contributed by atoms with Gasteiger partial charge in [0.05, 0.1) is 0 Å². The molecule has 44 heteroatoms. The number of carbonyl (C=O) groups is 1. The van der Waals surface area contributed by atoms with Crippen molar-refractivity contribution in [2.75, 3.05) is 6.67 Å². The van der Waals surface area contributed by atoms with Crippen LogP contribution in [0.4, 0.5) is 102 Å². The third kappa shape index (κ3) is 21.7. The second-order valence-corrected chi connectivity index (χ2v) is 13.0. The molecule has 0 aromatic carbocycles. The Bertz CT molecular complexity index is 1910. The summed E-state index contributed by atoms with van der Waals surface area (Å²) in [4.78, 5) is 9.74. The second-order valence-electron chi connectivity index (χ2n) is 7.16. The first-order chi connectivity index (χ1) is 22.9. The molecule has 0 aliphatic carbocycles. The standard InChI is InChI=1S/C6F12O5S2.C3F6O3S.C3H2F4O3S.CH4.F2O2S.FH.K/c7-1(2(8)9)3(10,11)23-4(12,5(13,14)24(17,19)20)6(15,16)25(18,21)22;4-1(2(5)6)3(7,8)12-13(9,10)11;4-1-2(8)3(5,6)11(7,9)10;;1-5(2,3)4;;/h;;1H2;1H4;;1H;/q;;;;;;+1/p-1. The third-order valence-corrected chi connectivity index (χ3v) is 6.43. The summed E-state index contributed by atoms with van der Waals surface area (Å²) in [5, 5.41) is -20.6. The Hall–Kier alpha value is -1.29. The largest absolute Gasteiger partial charge is 1.00 e. The molecule has 0 fully saturated rings. The van der Waals surface area contributed by atoms with Crippen LogP contribution in [0.2, 0.25) is 0 Å². The van der Waals surface area contributed by atoms with Crippen molar-refractivity contribution >= 4 is 57.6 Å². The minimum Gasteiger partial charge on any atom is -1.00 e. The Morgan fingerprint density at radius 1 is 0.509 bits per heavy atom. The first-order valence-electron chi connectivity index (χ1n) is 9.77. The number of hydrogen-bond donors (Lipinski definition) is 0. The van der Waals surface area contributed by atoms with Gasteiger partial charge >= 0.3 is 149 Å². The molecular weight excluding hydrogens is 1040 g/mol. The van der Waals surface area contributed by atoms with Crippen molar-refractivity contribution in [2.45, 2.75) is 41.3 Å². The molecule has 0 unspecified atom stereocenters. The van der Waals surface area contributed by atoms with Gasteiger partial charge < -0.3 is 4.70 Å². The van der Waals surface area contributed by atoms with Crippen LogP contribution in [0, 0.1) is 0 Å². The van der Waals surface area contributed by atoms with Gasteiger partial charge in [-0.25, -0.2) is 4.39 Å². The van der Waals surface area contributed by atoms with E-state index in [1.54, 1.807) is 4.74 Å². The maximum absolute atomic E-state index is 13.6. The summed E-state index contributed by atoms with van der Waals surface area (Å²) < 4.78 is 384. The average Bonchev–Trinajstić information content (AvgIpc) is 2.87. The Morgan fingerprint density at radius 2 is 0.754 bits per heavy atom. The number of Topliss-reactive ketones (excluding diaryl/α,β-unsaturated/α-hetero) is 1. The van der Waals surface area contributed by atoms with Gasteiger partial charge in [-0.1, -0.05) is 30.7 Å². The maximum Gasteiger partial charge on any atom is 1.00 e. The normalized spacial score (nSPS) is 13.1. The Balaban J connectivity index is -0.000000132. The number of halogens is 25. The quantitative estimate of drug-likeness (QED) is 0.138. The fraction of sp³-hybridized carbons (Fsp3) is 0.615. The molecule has 0 aromatic rings. The third-order valence-electron chi connectivity index (χ3n) is 3.43. The van der Waals surface area contributed by atoms with Crippen LogP contribution in [-0.4, -0.2) is 88.4 Å². The zero-order chi connectivity index (χ0) is 45.5. The van der Waals surface area contributed by atoms with E-state index in [0.29, 0.717) is 0 Å². The molecule has 0 rings (SSSR count). The molecule has 0 saturated carbocycles.